The molecule has 0 atom stereocenters. The van der Waals surface area contributed by atoms with Crippen LogP contribution in [0, 0.1) is 0 Å². The SMILES string of the molecule is CONN(C)CCCC(=O)CC1=CC=CN(C)C1. The molecule has 1 N–H and O–H groups in total. The van der Waals surface area contributed by atoms with E-state index in [1.165, 1.54) is 5.57 Å². The molecule has 18 heavy (non-hydrogen) atoms. The number of hydrogen-bond acceptors (Lipinski definition) is 5. The van der Waals surface area contributed by atoms with Crippen molar-refractivity contribution in [2.45, 2.75) is 19.3 Å². The van der Waals surface area contributed by atoms with E-state index in [2.05, 4.69) is 10.5 Å². The van der Waals surface area contributed by atoms with Crippen molar-refractivity contribution in [2.24, 2.45) is 0 Å². The minimum atomic E-state index is 0.302. The molecular weight excluding hydrogens is 230 g/mol. The molecule has 0 saturated heterocycles. The predicted molar refractivity (Wildman–Crippen MR) is 71.5 cm³/mol. The van der Waals surface area contributed by atoms with Gasteiger partial charge in [-0.3, -0.25) is 9.63 Å². The zero-order chi connectivity index (χ0) is 13.4. The van der Waals surface area contributed by atoms with E-state index in [-0.39, 0.29) is 0 Å². The number of Topliss-reactive ketones (excluding diaryl/α,β-unsaturated/α-hetero) is 1. The maximum atomic E-state index is 11.8. The first-order valence-electron chi connectivity index (χ1n) is 6.19. The fourth-order valence-electron chi connectivity index (χ4n) is 1.92. The fraction of sp³-hybridized carbons (Fsp3) is 0.615. The number of hydrazine groups is 1. The molecule has 0 fully saturated rings. The third kappa shape index (κ3) is 5.95. The van der Waals surface area contributed by atoms with Crippen LogP contribution in [0.2, 0.25) is 0 Å². The molecule has 0 radical (unpaired) electrons. The maximum absolute atomic E-state index is 11.8. The average Bonchev–Trinajstić information content (AvgIpc) is 2.29. The Hall–Kier alpha value is -1.17. The van der Waals surface area contributed by atoms with Gasteiger partial charge in [0.05, 0.1) is 7.11 Å². The second-order valence-corrected chi connectivity index (χ2v) is 4.62. The van der Waals surface area contributed by atoms with Crippen LogP contribution in [0.1, 0.15) is 19.3 Å². The lowest BCUT2D eigenvalue weighted by Crippen LogP contribution is -2.34. The number of carbonyl (C=O) groups excluding carboxylic acids is 1. The van der Waals surface area contributed by atoms with Gasteiger partial charge in [0.15, 0.2) is 0 Å². The highest BCUT2D eigenvalue weighted by molar-refractivity contribution is 5.81. The average molecular weight is 253 g/mol. The van der Waals surface area contributed by atoms with Crippen molar-refractivity contribution in [3.05, 3.63) is 23.9 Å². The van der Waals surface area contributed by atoms with E-state index in [0.717, 1.165) is 19.5 Å². The van der Waals surface area contributed by atoms with Crippen molar-refractivity contribution >= 4 is 5.78 Å². The van der Waals surface area contributed by atoms with Gasteiger partial charge in [-0.15, -0.1) is 5.59 Å². The van der Waals surface area contributed by atoms with Gasteiger partial charge in [0.1, 0.15) is 5.78 Å². The van der Waals surface area contributed by atoms with Gasteiger partial charge in [-0.25, -0.2) is 5.01 Å². The number of nitrogens with one attached hydrogen (secondary N) is 1. The normalized spacial score (nSPS) is 15.1. The van der Waals surface area contributed by atoms with Crippen molar-refractivity contribution in [3.63, 3.8) is 0 Å². The molecule has 1 aliphatic heterocycles. The summed E-state index contributed by atoms with van der Waals surface area (Å²) in [7, 11) is 5.47. The van der Waals surface area contributed by atoms with E-state index in [1.54, 1.807) is 7.11 Å². The molecule has 0 saturated carbocycles. The molecule has 1 rings (SSSR count). The Balaban J connectivity index is 2.18. The summed E-state index contributed by atoms with van der Waals surface area (Å²) < 4.78 is 0. The number of rotatable bonds is 8. The van der Waals surface area contributed by atoms with E-state index in [9.17, 15) is 4.79 Å². The van der Waals surface area contributed by atoms with Crippen molar-refractivity contribution in [2.75, 3.05) is 34.3 Å². The number of carbonyl (C=O) groups is 1. The Morgan fingerprint density at radius 3 is 3.06 bits per heavy atom. The second-order valence-electron chi connectivity index (χ2n) is 4.62. The summed E-state index contributed by atoms with van der Waals surface area (Å²) >= 11 is 0. The molecule has 0 spiro atoms. The Bertz CT molecular complexity index is 326. The molecule has 5 heteroatoms. The molecule has 0 unspecified atom stereocenters. The van der Waals surface area contributed by atoms with E-state index in [1.807, 2.05) is 37.5 Å². The summed E-state index contributed by atoms with van der Waals surface area (Å²) in [5.74, 6) is 0.302. The van der Waals surface area contributed by atoms with Gasteiger partial charge in [0.2, 0.25) is 0 Å². The van der Waals surface area contributed by atoms with Crippen molar-refractivity contribution < 1.29 is 9.63 Å². The van der Waals surface area contributed by atoms with Gasteiger partial charge >= 0.3 is 0 Å². The van der Waals surface area contributed by atoms with E-state index < -0.39 is 0 Å². The van der Waals surface area contributed by atoms with Gasteiger partial charge in [-0.1, -0.05) is 6.08 Å². The lowest BCUT2D eigenvalue weighted by molar-refractivity contribution is -0.118. The first-order chi connectivity index (χ1) is 8.61. The zero-order valence-corrected chi connectivity index (χ0v) is 11.5. The van der Waals surface area contributed by atoms with Crippen LogP contribution < -0.4 is 5.59 Å². The van der Waals surface area contributed by atoms with E-state index in [0.29, 0.717) is 18.6 Å². The minimum absolute atomic E-state index is 0.302. The molecule has 0 amide bonds. The number of nitrogens with zero attached hydrogens (tertiary/aromatic N) is 2. The summed E-state index contributed by atoms with van der Waals surface area (Å²) in [5, 5.41) is 1.82. The van der Waals surface area contributed by atoms with Crippen LogP contribution >= 0.6 is 0 Å². The first-order valence-corrected chi connectivity index (χ1v) is 6.19. The monoisotopic (exact) mass is 253 g/mol. The Labute approximate surface area is 109 Å². The number of ketones is 1. The molecule has 0 aliphatic carbocycles. The summed E-state index contributed by atoms with van der Waals surface area (Å²) in [6.45, 7) is 1.64. The lowest BCUT2D eigenvalue weighted by Gasteiger charge is -2.19. The third-order valence-electron chi connectivity index (χ3n) is 2.75. The summed E-state index contributed by atoms with van der Waals surface area (Å²) in [5.41, 5.74) is 3.89. The third-order valence-corrected chi connectivity index (χ3v) is 2.75. The molecule has 0 aromatic carbocycles. The van der Waals surface area contributed by atoms with Gasteiger partial charge in [0.25, 0.3) is 0 Å². The van der Waals surface area contributed by atoms with Gasteiger partial charge in [-0.2, -0.15) is 0 Å². The number of likely N-dealkylation sites (N-methyl/N-ethyl adjacent to an activating group) is 1. The number of allylic oxidation sites excluding steroid dienone is 2. The van der Waals surface area contributed by atoms with Crippen LogP contribution in [-0.4, -0.2) is 50.0 Å². The molecule has 0 bridgehead atoms. The summed E-state index contributed by atoms with van der Waals surface area (Å²) in [4.78, 5) is 18.6. The topological polar surface area (TPSA) is 44.8 Å². The molecule has 102 valence electrons. The van der Waals surface area contributed by atoms with Crippen LogP contribution in [0.15, 0.2) is 23.9 Å². The Morgan fingerprint density at radius 1 is 1.61 bits per heavy atom. The van der Waals surface area contributed by atoms with Crippen molar-refractivity contribution in [3.8, 4) is 0 Å². The molecule has 1 aliphatic rings. The summed E-state index contributed by atoms with van der Waals surface area (Å²) in [6.07, 6.45) is 8.06. The zero-order valence-electron chi connectivity index (χ0n) is 11.5. The van der Waals surface area contributed by atoms with Gasteiger partial charge in [-0.05, 0) is 24.3 Å². The fourth-order valence-corrected chi connectivity index (χ4v) is 1.92. The molecule has 0 aromatic heterocycles. The molecular formula is C13H23N3O2. The second kappa shape index (κ2) is 8.02. The summed E-state index contributed by atoms with van der Waals surface area (Å²) in [6, 6.07) is 0. The van der Waals surface area contributed by atoms with Crippen LogP contribution in [0.25, 0.3) is 0 Å². The Morgan fingerprint density at radius 2 is 2.39 bits per heavy atom. The van der Waals surface area contributed by atoms with Crippen molar-refractivity contribution in [1.82, 2.24) is 15.5 Å². The lowest BCUT2D eigenvalue weighted by atomic mass is 10.0. The van der Waals surface area contributed by atoms with E-state index in [4.69, 9.17) is 4.84 Å². The molecule has 0 aromatic rings. The van der Waals surface area contributed by atoms with Crippen LogP contribution in [0.4, 0.5) is 0 Å². The largest absolute Gasteiger partial charge is 0.376 e. The highest BCUT2D eigenvalue weighted by atomic mass is 16.7. The van der Waals surface area contributed by atoms with Gasteiger partial charge in [0, 0.05) is 40.0 Å². The molecule has 1 heterocycles. The van der Waals surface area contributed by atoms with Crippen LogP contribution in [0.5, 0.6) is 0 Å². The van der Waals surface area contributed by atoms with Crippen LogP contribution in [-0.2, 0) is 9.63 Å². The highest BCUT2D eigenvalue weighted by Crippen LogP contribution is 2.11. The molecule has 5 nitrogen and oxygen atoms in total. The van der Waals surface area contributed by atoms with Gasteiger partial charge < -0.3 is 4.90 Å². The number of hydrogen-bond donors (Lipinski definition) is 1. The Kier molecular flexibility index (Phi) is 6.64. The maximum Gasteiger partial charge on any atom is 0.137 e. The highest BCUT2D eigenvalue weighted by Gasteiger charge is 2.09. The first kappa shape index (κ1) is 14.9. The van der Waals surface area contributed by atoms with Crippen molar-refractivity contribution in [1.29, 1.82) is 0 Å². The smallest absolute Gasteiger partial charge is 0.137 e. The minimum Gasteiger partial charge on any atom is -0.376 e. The predicted octanol–water partition coefficient (Wildman–Crippen LogP) is 1.11. The van der Waals surface area contributed by atoms with Crippen LogP contribution in [0.3, 0.4) is 0 Å². The van der Waals surface area contributed by atoms with E-state index >= 15 is 0 Å². The standard InChI is InChI=1S/C13H23N3O2/c1-15-8-4-6-12(11-15)10-13(17)7-5-9-16(2)14-18-3/h4,6,8,14H,5,7,9-11H2,1-3H3. The quantitative estimate of drug-likeness (QED) is 0.657.